The Labute approximate surface area is 183 Å². The molecule has 8 heteroatoms. The molecule has 0 spiro atoms. The van der Waals surface area contributed by atoms with E-state index in [2.05, 4.69) is 10.1 Å². The van der Waals surface area contributed by atoms with Crippen molar-refractivity contribution in [3.8, 4) is 11.3 Å². The summed E-state index contributed by atoms with van der Waals surface area (Å²) in [6.45, 7) is 4.25. The fraction of sp³-hybridized carbons (Fsp3) is 0.217. The van der Waals surface area contributed by atoms with E-state index >= 15 is 0 Å². The van der Waals surface area contributed by atoms with Gasteiger partial charge < -0.3 is 9.42 Å². The molecule has 4 aromatic rings. The highest BCUT2D eigenvalue weighted by molar-refractivity contribution is 6.30. The van der Waals surface area contributed by atoms with Gasteiger partial charge >= 0.3 is 0 Å². The summed E-state index contributed by atoms with van der Waals surface area (Å²) >= 11 is 5.97. The van der Waals surface area contributed by atoms with E-state index in [9.17, 15) is 9.59 Å². The Morgan fingerprint density at radius 3 is 2.48 bits per heavy atom. The quantitative estimate of drug-likeness (QED) is 0.437. The molecule has 7 nitrogen and oxygen atoms in total. The van der Waals surface area contributed by atoms with Crippen LogP contribution in [0.5, 0.6) is 0 Å². The maximum absolute atomic E-state index is 13.4. The van der Waals surface area contributed by atoms with Crippen molar-refractivity contribution in [3.63, 3.8) is 0 Å². The average molecular weight is 437 g/mol. The zero-order valence-electron chi connectivity index (χ0n) is 17.2. The van der Waals surface area contributed by atoms with Gasteiger partial charge in [-0.2, -0.15) is 0 Å². The van der Waals surface area contributed by atoms with Crippen molar-refractivity contribution < 1.29 is 9.32 Å². The number of fused-ring (bicyclic) bond motifs is 1. The summed E-state index contributed by atoms with van der Waals surface area (Å²) in [5.74, 6) is -0.177. The Kier molecular flexibility index (Phi) is 5.86. The number of amides is 1. The molecular formula is C23H21ClN4O3. The van der Waals surface area contributed by atoms with Crippen molar-refractivity contribution in [1.29, 1.82) is 0 Å². The molecule has 31 heavy (non-hydrogen) atoms. The number of halogens is 1. The Hall–Kier alpha value is -3.45. The molecular weight excluding hydrogens is 416 g/mol. The van der Waals surface area contributed by atoms with Gasteiger partial charge in [-0.15, -0.1) is 0 Å². The van der Waals surface area contributed by atoms with Crippen LogP contribution in [0.25, 0.3) is 22.4 Å². The van der Waals surface area contributed by atoms with E-state index in [-0.39, 0.29) is 22.6 Å². The molecule has 0 radical (unpaired) electrons. The molecule has 1 atom stereocenters. The lowest BCUT2D eigenvalue weighted by molar-refractivity contribution is -0.121. The Bertz CT molecular complexity index is 1270. The Morgan fingerprint density at radius 2 is 1.84 bits per heavy atom. The van der Waals surface area contributed by atoms with Crippen LogP contribution in [0.1, 0.15) is 26.3 Å². The lowest BCUT2D eigenvalue weighted by atomic mass is 10.1. The van der Waals surface area contributed by atoms with Gasteiger partial charge in [0.1, 0.15) is 23.4 Å². The number of carbonyl (C=O) groups excluding carboxylic acids is 1. The molecule has 0 saturated carbocycles. The van der Waals surface area contributed by atoms with Crippen LogP contribution in [-0.2, 0) is 4.79 Å². The summed E-state index contributed by atoms with van der Waals surface area (Å²) in [6, 6.07) is 15.6. The van der Waals surface area contributed by atoms with Crippen LogP contribution in [0.2, 0.25) is 5.02 Å². The van der Waals surface area contributed by atoms with Crippen molar-refractivity contribution in [2.75, 3.05) is 11.4 Å². The lowest BCUT2D eigenvalue weighted by Crippen LogP contribution is -2.40. The minimum atomic E-state index is -0.711. The molecule has 2 aromatic heterocycles. The molecule has 0 unspecified atom stereocenters. The summed E-state index contributed by atoms with van der Waals surface area (Å²) in [4.78, 5) is 32.8. The van der Waals surface area contributed by atoms with Gasteiger partial charge in [-0.25, -0.2) is 4.98 Å². The van der Waals surface area contributed by atoms with Gasteiger partial charge in [0.05, 0.1) is 0 Å². The fourth-order valence-electron chi connectivity index (χ4n) is 3.63. The van der Waals surface area contributed by atoms with Crippen LogP contribution >= 0.6 is 11.6 Å². The van der Waals surface area contributed by atoms with E-state index < -0.39 is 6.04 Å². The number of carbonyl (C=O) groups is 1. The molecule has 0 bridgehead atoms. The summed E-state index contributed by atoms with van der Waals surface area (Å²) in [7, 11) is 0. The van der Waals surface area contributed by atoms with E-state index in [0.29, 0.717) is 29.2 Å². The first kappa shape index (κ1) is 20.8. The van der Waals surface area contributed by atoms with E-state index in [1.54, 1.807) is 29.2 Å². The zero-order chi connectivity index (χ0) is 22.0. The van der Waals surface area contributed by atoms with E-state index in [1.807, 2.05) is 44.2 Å². The topological polar surface area (TPSA) is 81.2 Å². The standard InChI is InChI=1S/C23H21ClN4O3/c1-3-18(22(29)27(4-2)17-8-6-5-7-9-17)28-14-25-21-19(23(28)30)20(26-31-21)15-10-12-16(24)13-11-15/h5-14,18H,3-4H2,1-2H3/t18-/m0/s1. The second-order valence-corrected chi connectivity index (χ2v) is 7.45. The number of hydrogen-bond acceptors (Lipinski definition) is 5. The molecule has 2 aromatic carbocycles. The molecule has 0 aliphatic rings. The third kappa shape index (κ3) is 3.84. The minimum Gasteiger partial charge on any atom is -0.335 e. The van der Waals surface area contributed by atoms with Gasteiger partial charge in [0.2, 0.25) is 5.91 Å². The van der Waals surface area contributed by atoms with Crippen LogP contribution in [0.3, 0.4) is 0 Å². The van der Waals surface area contributed by atoms with Crippen LogP contribution in [0, 0.1) is 0 Å². The van der Waals surface area contributed by atoms with Gasteiger partial charge in [0.25, 0.3) is 11.3 Å². The number of para-hydroxylation sites is 1. The first-order chi connectivity index (χ1) is 15.0. The second-order valence-electron chi connectivity index (χ2n) is 7.02. The fourth-order valence-corrected chi connectivity index (χ4v) is 3.76. The number of hydrogen-bond donors (Lipinski definition) is 0. The maximum Gasteiger partial charge on any atom is 0.267 e. The number of aromatic nitrogens is 3. The van der Waals surface area contributed by atoms with Gasteiger partial charge in [-0.1, -0.05) is 54.0 Å². The maximum atomic E-state index is 13.4. The summed E-state index contributed by atoms with van der Waals surface area (Å²) in [6.07, 6.45) is 1.78. The highest BCUT2D eigenvalue weighted by atomic mass is 35.5. The van der Waals surface area contributed by atoms with Crippen molar-refractivity contribution in [1.82, 2.24) is 14.7 Å². The number of likely N-dealkylation sites (N-methyl/N-ethyl adjacent to an activating group) is 1. The number of benzene rings is 2. The molecule has 0 N–H and O–H groups in total. The Morgan fingerprint density at radius 1 is 1.13 bits per heavy atom. The number of anilines is 1. The van der Waals surface area contributed by atoms with Crippen molar-refractivity contribution in [2.45, 2.75) is 26.3 Å². The SMILES string of the molecule is CC[C@@H](C(=O)N(CC)c1ccccc1)n1cnc2onc(-c3ccc(Cl)cc3)c2c1=O. The first-order valence-corrected chi connectivity index (χ1v) is 10.4. The van der Waals surface area contributed by atoms with E-state index in [4.69, 9.17) is 16.1 Å². The third-order valence-corrected chi connectivity index (χ3v) is 5.45. The van der Waals surface area contributed by atoms with Crippen molar-refractivity contribution in [2.24, 2.45) is 0 Å². The Balaban J connectivity index is 1.80. The minimum absolute atomic E-state index is 0.129. The molecule has 158 valence electrons. The average Bonchev–Trinajstić information content (AvgIpc) is 3.22. The number of nitrogens with zero attached hydrogens (tertiary/aromatic N) is 4. The predicted molar refractivity (Wildman–Crippen MR) is 120 cm³/mol. The van der Waals surface area contributed by atoms with Crippen molar-refractivity contribution >= 4 is 34.3 Å². The number of rotatable bonds is 6. The third-order valence-electron chi connectivity index (χ3n) is 5.20. The highest BCUT2D eigenvalue weighted by Crippen LogP contribution is 2.27. The molecule has 1 amide bonds. The monoisotopic (exact) mass is 436 g/mol. The largest absolute Gasteiger partial charge is 0.335 e. The van der Waals surface area contributed by atoms with Gasteiger partial charge in [-0.05, 0) is 37.6 Å². The molecule has 0 aliphatic carbocycles. The van der Waals surface area contributed by atoms with Gasteiger partial charge in [-0.3, -0.25) is 14.2 Å². The lowest BCUT2D eigenvalue weighted by Gasteiger charge is -2.26. The van der Waals surface area contributed by atoms with Gasteiger partial charge in [0, 0.05) is 22.8 Å². The normalized spacial score (nSPS) is 12.1. The molecule has 0 saturated heterocycles. The summed E-state index contributed by atoms with van der Waals surface area (Å²) in [5.41, 5.74) is 1.58. The molecule has 4 rings (SSSR count). The highest BCUT2D eigenvalue weighted by Gasteiger charge is 2.27. The van der Waals surface area contributed by atoms with Crippen LogP contribution in [-0.4, -0.2) is 27.2 Å². The van der Waals surface area contributed by atoms with E-state index in [0.717, 1.165) is 5.69 Å². The summed E-state index contributed by atoms with van der Waals surface area (Å²) in [5, 5.41) is 4.85. The molecule has 0 aliphatic heterocycles. The van der Waals surface area contributed by atoms with Crippen LogP contribution in [0.4, 0.5) is 5.69 Å². The smallest absolute Gasteiger partial charge is 0.267 e. The summed E-state index contributed by atoms with van der Waals surface area (Å²) < 4.78 is 6.65. The first-order valence-electron chi connectivity index (χ1n) is 10.0. The zero-order valence-corrected chi connectivity index (χ0v) is 17.9. The molecule has 0 fully saturated rings. The van der Waals surface area contributed by atoms with E-state index in [1.165, 1.54) is 10.9 Å². The van der Waals surface area contributed by atoms with Crippen molar-refractivity contribution in [3.05, 3.63) is 76.3 Å². The van der Waals surface area contributed by atoms with Crippen LogP contribution in [0.15, 0.2) is 70.2 Å². The predicted octanol–water partition coefficient (Wildman–Crippen LogP) is 4.71. The van der Waals surface area contributed by atoms with Gasteiger partial charge in [0.15, 0.2) is 0 Å². The second kappa shape index (κ2) is 8.73. The van der Waals surface area contributed by atoms with Crippen LogP contribution < -0.4 is 10.5 Å². The molecule has 2 heterocycles.